The van der Waals surface area contributed by atoms with E-state index in [0.29, 0.717) is 23.7 Å². The van der Waals surface area contributed by atoms with Crippen LogP contribution >= 0.6 is 0 Å². The van der Waals surface area contributed by atoms with Gasteiger partial charge in [-0.2, -0.15) is 0 Å². The number of nitrogens with one attached hydrogen (secondary N) is 1. The summed E-state index contributed by atoms with van der Waals surface area (Å²) in [5, 5.41) is 18.7. The molecule has 0 spiro atoms. The number of amides is 1. The zero-order valence-corrected chi connectivity index (χ0v) is 20.0. The van der Waals surface area contributed by atoms with Crippen LogP contribution in [0.15, 0.2) is 60.7 Å². The van der Waals surface area contributed by atoms with Crippen LogP contribution < -0.4 is 14.8 Å². The molecule has 188 valence electrons. The minimum atomic E-state index is -1.26. The van der Waals surface area contributed by atoms with E-state index in [1.807, 2.05) is 18.2 Å². The topological polar surface area (TPSA) is 125 Å². The number of hydrogen-bond acceptors (Lipinski definition) is 6. The van der Waals surface area contributed by atoms with E-state index in [0.717, 1.165) is 44.5 Å². The Morgan fingerprint density at radius 3 is 2.23 bits per heavy atom. The van der Waals surface area contributed by atoms with Crippen molar-refractivity contribution in [3.8, 4) is 11.5 Å². The Hall–Kier alpha value is -3.85. The molecule has 1 aliphatic heterocycles. The molecule has 0 aliphatic carbocycles. The molecule has 0 saturated carbocycles. The first kappa shape index (κ1) is 27.4. The Kier molecular flexibility index (Phi) is 11.3. The van der Waals surface area contributed by atoms with Crippen LogP contribution in [0.25, 0.3) is 0 Å². The highest BCUT2D eigenvalue weighted by Gasteiger charge is 2.28. The first-order valence-corrected chi connectivity index (χ1v) is 11.3. The van der Waals surface area contributed by atoms with E-state index in [1.165, 1.54) is 5.56 Å². The number of carboxylic acid groups (broad SMARTS) is 2. The fourth-order valence-corrected chi connectivity index (χ4v) is 3.76. The van der Waals surface area contributed by atoms with Crippen molar-refractivity contribution in [2.75, 3.05) is 32.6 Å². The van der Waals surface area contributed by atoms with Crippen LogP contribution in [0, 0.1) is 0 Å². The van der Waals surface area contributed by atoms with Crippen molar-refractivity contribution in [1.29, 1.82) is 0 Å². The summed E-state index contributed by atoms with van der Waals surface area (Å²) in [6, 6.07) is 15.8. The number of piperidine rings is 1. The third kappa shape index (κ3) is 9.50. The summed E-state index contributed by atoms with van der Waals surface area (Å²) < 4.78 is 10.6. The lowest BCUT2D eigenvalue weighted by Crippen LogP contribution is -2.47. The summed E-state index contributed by atoms with van der Waals surface area (Å²) in [4.78, 5) is 34.3. The lowest BCUT2D eigenvalue weighted by Gasteiger charge is -2.34. The van der Waals surface area contributed by atoms with Crippen molar-refractivity contribution >= 4 is 23.5 Å². The molecule has 3 rings (SSSR count). The largest absolute Gasteiger partial charge is 0.493 e. The molecule has 1 saturated heterocycles. The quantitative estimate of drug-likeness (QED) is 0.462. The van der Waals surface area contributed by atoms with E-state index in [4.69, 9.17) is 19.7 Å². The SMILES string of the molecule is COc1ccc(NC(=O)C2CCCCN2CCc2ccccc2)cc1OC.O=C(O)/C=C/C(=O)O. The predicted molar refractivity (Wildman–Crippen MR) is 132 cm³/mol. The summed E-state index contributed by atoms with van der Waals surface area (Å²) in [6.07, 6.45) is 5.21. The molecule has 2 aromatic carbocycles. The number of ether oxygens (including phenoxy) is 2. The number of hydrogen-bond donors (Lipinski definition) is 3. The van der Waals surface area contributed by atoms with Gasteiger partial charge in [0.05, 0.1) is 20.3 Å². The van der Waals surface area contributed by atoms with Crippen LogP contribution in [0.3, 0.4) is 0 Å². The van der Waals surface area contributed by atoms with Crippen molar-refractivity contribution in [2.24, 2.45) is 0 Å². The fourth-order valence-electron chi connectivity index (χ4n) is 3.76. The predicted octanol–water partition coefficient (Wildman–Crippen LogP) is 3.45. The summed E-state index contributed by atoms with van der Waals surface area (Å²) in [5.41, 5.74) is 2.04. The highest BCUT2D eigenvalue weighted by molar-refractivity contribution is 5.95. The molecule has 0 bridgehead atoms. The van der Waals surface area contributed by atoms with Gasteiger partial charge in [-0.1, -0.05) is 36.8 Å². The number of anilines is 1. The highest BCUT2D eigenvalue weighted by Crippen LogP contribution is 2.30. The van der Waals surface area contributed by atoms with Crippen LogP contribution in [-0.2, 0) is 20.8 Å². The molecule has 1 unspecified atom stereocenters. The van der Waals surface area contributed by atoms with Gasteiger partial charge in [-0.15, -0.1) is 0 Å². The van der Waals surface area contributed by atoms with Crippen LogP contribution in [0.1, 0.15) is 24.8 Å². The molecule has 35 heavy (non-hydrogen) atoms. The van der Waals surface area contributed by atoms with Crippen LogP contribution in [0.4, 0.5) is 5.69 Å². The molecule has 9 heteroatoms. The van der Waals surface area contributed by atoms with E-state index in [2.05, 4.69) is 34.5 Å². The van der Waals surface area contributed by atoms with E-state index in [9.17, 15) is 14.4 Å². The van der Waals surface area contributed by atoms with Gasteiger partial charge in [0.1, 0.15) is 0 Å². The molecule has 9 nitrogen and oxygen atoms in total. The van der Waals surface area contributed by atoms with Gasteiger partial charge >= 0.3 is 11.9 Å². The number of carboxylic acids is 2. The number of methoxy groups -OCH3 is 2. The van der Waals surface area contributed by atoms with Gasteiger partial charge in [-0.25, -0.2) is 9.59 Å². The summed E-state index contributed by atoms with van der Waals surface area (Å²) >= 11 is 0. The molecule has 0 aromatic heterocycles. The molecular weight excluding hydrogens is 452 g/mol. The number of nitrogens with zero attached hydrogens (tertiary/aromatic N) is 1. The number of aliphatic carboxylic acids is 2. The maximum absolute atomic E-state index is 12.9. The maximum atomic E-state index is 12.9. The second-order valence-corrected chi connectivity index (χ2v) is 7.85. The minimum Gasteiger partial charge on any atom is -0.493 e. The Morgan fingerprint density at radius 1 is 0.971 bits per heavy atom. The summed E-state index contributed by atoms with van der Waals surface area (Å²) in [7, 11) is 3.19. The Morgan fingerprint density at radius 2 is 1.63 bits per heavy atom. The average molecular weight is 485 g/mol. The lowest BCUT2D eigenvalue weighted by atomic mass is 10.00. The molecule has 1 heterocycles. The second-order valence-electron chi connectivity index (χ2n) is 7.85. The molecule has 1 fully saturated rings. The first-order chi connectivity index (χ1) is 16.8. The molecule has 1 amide bonds. The average Bonchev–Trinajstić information content (AvgIpc) is 2.87. The zero-order chi connectivity index (χ0) is 25.6. The highest BCUT2D eigenvalue weighted by atomic mass is 16.5. The second kappa shape index (κ2) is 14.4. The van der Waals surface area contributed by atoms with Crippen molar-refractivity contribution in [1.82, 2.24) is 4.90 Å². The van der Waals surface area contributed by atoms with Gasteiger partial charge in [0, 0.05) is 30.5 Å². The number of rotatable bonds is 9. The summed E-state index contributed by atoms with van der Waals surface area (Å²) in [5.74, 6) is -1.20. The van der Waals surface area contributed by atoms with Gasteiger partial charge in [-0.3, -0.25) is 9.69 Å². The zero-order valence-electron chi connectivity index (χ0n) is 20.0. The molecule has 3 N–H and O–H groups in total. The van der Waals surface area contributed by atoms with Gasteiger partial charge in [0.2, 0.25) is 5.91 Å². The molecule has 1 aliphatic rings. The van der Waals surface area contributed by atoms with Gasteiger partial charge in [-0.05, 0) is 43.5 Å². The van der Waals surface area contributed by atoms with Gasteiger partial charge < -0.3 is 25.0 Å². The van der Waals surface area contributed by atoms with Crippen molar-refractivity contribution in [3.63, 3.8) is 0 Å². The standard InChI is InChI=1S/C22H28N2O3.C4H4O4/c1-26-20-12-11-18(16-21(20)27-2)23-22(25)19-10-6-7-14-24(19)15-13-17-8-4-3-5-9-17;5-3(6)1-2-4(7)8/h3-5,8-9,11-12,16,19H,6-7,10,13-15H2,1-2H3,(H,23,25);1-2H,(H,5,6)(H,7,8)/b;2-1+. The molecular formula is C26H32N2O7. The van der Waals surface area contributed by atoms with Crippen molar-refractivity contribution in [2.45, 2.75) is 31.7 Å². The third-order valence-corrected chi connectivity index (χ3v) is 5.47. The van der Waals surface area contributed by atoms with Crippen LogP contribution in [0.2, 0.25) is 0 Å². The van der Waals surface area contributed by atoms with Crippen molar-refractivity contribution in [3.05, 3.63) is 66.2 Å². The molecule has 0 radical (unpaired) electrons. The monoisotopic (exact) mass is 484 g/mol. The minimum absolute atomic E-state index is 0.0509. The lowest BCUT2D eigenvalue weighted by molar-refractivity contribution is -0.134. The summed E-state index contributed by atoms with van der Waals surface area (Å²) in [6.45, 7) is 1.87. The Bertz CT molecular complexity index is 992. The Balaban J connectivity index is 0.000000466. The van der Waals surface area contributed by atoms with E-state index >= 15 is 0 Å². The van der Waals surface area contributed by atoms with Gasteiger partial charge in [0.15, 0.2) is 11.5 Å². The smallest absolute Gasteiger partial charge is 0.328 e. The van der Waals surface area contributed by atoms with Crippen molar-refractivity contribution < 1.29 is 34.1 Å². The number of benzene rings is 2. The first-order valence-electron chi connectivity index (χ1n) is 11.3. The normalized spacial score (nSPS) is 15.5. The third-order valence-electron chi connectivity index (χ3n) is 5.47. The maximum Gasteiger partial charge on any atom is 0.328 e. The van der Waals surface area contributed by atoms with E-state index < -0.39 is 11.9 Å². The van der Waals surface area contributed by atoms with Gasteiger partial charge in [0.25, 0.3) is 0 Å². The number of carbonyl (C=O) groups is 3. The van der Waals surface area contributed by atoms with Crippen LogP contribution in [-0.4, -0.2) is 66.3 Å². The Labute approximate surface area is 205 Å². The number of likely N-dealkylation sites (tertiary alicyclic amines) is 1. The van der Waals surface area contributed by atoms with Crippen LogP contribution in [0.5, 0.6) is 11.5 Å². The fraction of sp³-hybridized carbons (Fsp3) is 0.346. The van der Waals surface area contributed by atoms with E-state index in [-0.39, 0.29) is 11.9 Å². The number of carbonyl (C=O) groups excluding carboxylic acids is 1. The molecule has 1 atom stereocenters. The van der Waals surface area contributed by atoms with E-state index in [1.54, 1.807) is 20.3 Å². The molecule has 2 aromatic rings.